The average molecular weight is 211 g/mol. The van der Waals surface area contributed by atoms with E-state index in [1.165, 1.54) is 32.1 Å². The molecule has 0 aromatic carbocycles. The van der Waals surface area contributed by atoms with Crippen LogP contribution in [0, 0.1) is 0 Å². The molecule has 2 heteroatoms. The summed E-state index contributed by atoms with van der Waals surface area (Å²) < 4.78 is 0. The summed E-state index contributed by atoms with van der Waals surface area (Å²) in [7, 11) is 0. The van der Waals surface area contributed by atoms with E-state index in [1.807, 2.05) is 6.08 Å². The molecular weight excluding hydrogens is 186 g/mol. The van der Waals surface area contributed by atoms with Gasteiger partial charge in [0.15, 0.2) is 0 Å². The minimum atomic E-state index is -0.186. The fraction of sp³-hybridized carbons (Fsp3) is 0.846. The van der Waals surface area contributed by atoms with Crippen LogP contribution in [-0.4, -0.2) is 29.3 Å². The SMILES string of the molecule is C=CCCCCCC(O)N1CCCCC1. The first-order valence-corrected chi connectivity index (χ1v) is 6.37. The van der Waals surface area contributed by atoms with Gasteiger partial charge in [0, 0.05) is 13.1 Å². The zero-order valence-electron chi connectivity index (χ0n) is 9.83. The zero-order chi connectivity index (χ0) is 10.9. The van der Waals surface area contributed by atoms with Gasteiger partial charge in [-0.25, -0.2) is 0 Å². The van der Waals surface area contributed by atoms with Crippen molar-refractivity contribution in [3.63, 3.8) is 0 Å². The molecule has 1 saturated heterocycles. The highest BCUT2D eigenvalue weighted by atomic mass is 16.3. The van der Waals surface area contributed by atoms with Gasteiger partial charge in [0.1, 0.15) is 6.23 Å². The van der Waals surface area contributed by atoms with Crippen molar-refractivity contribution in [2.75, 3.05) is 13.1 Å². The molecule has 2 nitrogen and oxygen atoms in total. The van der Waals surface area contributed by atoms with Gasteiger partial charge in [0.25, 0.3) is 0 Å². The minimum absolute atomic E-state index is 0.186. The summed E-state index contributed by atoms with van der Waals surface area (Å²) in [6, 6.07) is 0. The van der Waals surface area contributed by atoms with Gasteiger partial charge >= 0.3 is 0 Å². The van der Waals surface area contributed by atoms with Crippen LogP contribution >= 0.6 is 0 Å². The van der Waals surface area contributed by atoms with E-state index in [9.17, 15) is 5.11 Å². The Bertz CT molecular complexity index is 164. The van der Waals surface area contributed by atoms with E-state index in [1.54, 1.807) is 0 Å². The van der Waals surface area contributed by atoms with Gasteiger partial charge in [0.2, 0.25) is 0 Å². The molecule has 1 rings (SSSR count). The van der Waals surface area contributed by atoms with Crippen LogP contribution in [0.1, 0.15) is 51.4 Å². The number of unbranched alkanes of at least 4 members (excludes halogenated alkanes) is 3. The second kappa shape index (κ2) is 7.89. The summed E-state index contributed by atoms with van der Waals surface area (Å²) >= 11 is 0. The van der Waals surface area contributed by atoms with Crippen LogP contribution in [0.5, 0.6) is 0 Å². The molecule has 88 valence electrons. The second-order valence-corrected chi connectivity index (χ2v) is 4.50. The number of allylic oxidation sites excluding steroid dienone is 1. The van der Waals surface area contributed by atoms with E-state index in [-0.39, 0.29) is 6.23 Å². The van der Waals surface area contributed by atoms with Crippen molar-refractivity contribution in [3.05, 3.63) is 12.7 Å². The van der Waals surface area contributed by atoms with Gasteiger partial charge in [-0.3, -0.25) is 4.90 Å². The highest BCUT2D eigenvalue weighted by molar-refractivity contribution is 4.68. The fourth-order valence-corrected chi connectivity index (χ4v) is 2.19. The van der Waals surface area contributed by atoms with Gasteiger partial charge in [-0.1, -0.05) is 18.9 Å². The molecular formula is C13H25NO. The molecule has 15 heavy (non-hydrogen) atoms. The summed E-state index contributed by atoms with van der Waals surface area (Å²) in [6.45, 7) is 5.89. The van der Waals surface area contributed by atoms with Crippen molar-refractivity contribution < 1.29 is 5.11 Å². The predicted octanol–water partition coefficient (Wildman–Crippen LogP) is 2.93. The van der Waals surface area contributed by atoms with E-state index in [0.29, 0.717) is 0 Å². The smallest absolute Gasteiger partial charge is 0.107 e. The van der Waals surface area contributed by atoms with Crippen molar-refractivity contribution in [2.24, 2.45) is 0 Å². The number of hydrogen-bond acceptors (Lipinski definition) is 2. The van der Waals surface area contributed by atoms with Crippen molar-refractivity contribution >= 4 is 0 Å². The molecule has 0 saturated carbocycles. The van der Waals surface area contributed by atoms with E-state index < -0.39 is 0 Å². The number of piperidine rings is 1. The molecule has 0 radical (unpaired) electrons. The maximum Gasteiger partial charge on any atom is 0.107 e. The van der Waals surface area contributed by atoms with E-state index in [0.717, 1.165) is 32.4 Å². The van der Waals surface area contributed by atoms with Crippen LogP contribution in [0.25, 0.3) is 0 Å². The maximum atomic E-state index is 9.94. The third kappa shape index (κ3) is 5.33. The van der Waals surface area contributed by atoms with E-state index in [4.69, 9.17) is 0 Å². The normalized spacial score (nSPS) is 20.1. The molecule has 1 fully saturated rings. The molecule has 1 heterocycles. The number of rotatable bonds is 7. The second-order valence-electron chi connectivity index (χ2n) is 4.50. The fourth-order valence-electron chi connectivity index (χ4n) is 2.19. The first-order valence-electron chi connectivity index (χ1n) is 6.37. The lowest BCUT2D eigenvalue weighted by molar-refractivity contribution is -0.0148. The molecule has 1 atom stereocenters. The molecule has 0 spiro atoms. The zero-order valence-corrected chi connectivity index (χ0v) is 9.83. The van der Waals surface area contributed by atoms with Gasteiger partial charge in [-0.05, 0) is 38.5 Å². The van der Waals surface area contributed by atoms with Gasteiger partial charge in [-0.15, -0.1) is 6.58 Å². The molecule has 1 N–H and O–H groups in total. The van der Waals surface area contributed by atoms with Crippen molar-refractivity contribution in [2.45, 2.75) is 57.6 Å². The highest BCUT2D eigenvalue weighted by Gasteiger charge is 2.17. The Labute approximate surface area is 94.0 Å². The lowest BCUT2D eigenvalue weighted by atomic mass is 10.1. The van der Waals surface area contributed by atoms with E-state index in [2.05, 4.69) is 11.5 Å². The van der Waals surface area contributed by atoms with Crippen molar-refractivity contribution in [3.8, 4) is 0 Å². The Morgan fingerprint density at radius 1 is 1.13 bits per heavy atom. The average Bonchev–Trinajstić information content (AvgIpc) is 2.30. The Balaban J connectivity index is 2.01. The van der Waals surface area contributed by atoms with Crippen LogP contribution in [0.15, 0.2) is 12.7 Å². The predicted molar refractivity (Wildman–Crippen MR) is 64.7 cm³/mol. The number of nitrogens with zero attached hydrogens (tertiary/aromatic N) is 1. The topological polar surface area (TPSA) is 23.5 Å². The third-order valence-corrected chi connectivity index (χ3v) is 3.18. The lowest BCUT2D eigenvalue weighted by Gasteiger charge is -2.31. The minimum Gasteiger partial charge on any atom is -0.378 e. The van der Waals surface area contributed by atoms with Crippen molar-refractivity contribution in [1.82, 2.24) is 4.90 Å². The number of aliphatic hydroxyl groups is 1. The maximum absolute atomic E-state index is 9.94. The van der Waals surface area contributed by atoms with Crippen molar-refractivity contribution in [1.29, 1.82) is 0 Å². The lowest BCUT2D eigenvalue weighted by Crippen LogP contribution is -2.38. The van der Waals surface area contributed by atoms with Crippen LogP contribution in [0.4, 0.5) is 0 Å². The molecule has 1 aliphatic heterocycles. The Kier molecular flexibility index (Phi) is 6.69. The number of likely N-dealkylation sites (tertiary alicyclic amines) is 1. The quantitative estimate of drug-likeness (QED) is 0.517. The Morgan fingerprint density at radius 3 is 2.53 bits per heavy atom. The molecule has 0 aliphatic carbocycles. The summed E-state index contributed by atoms with van der Waals surface area (Å²) in [5.41, 5.74) is 0. The third-order valence-electron chi connectivity index (χ3n) is 3.18. The summed E-state index contributed by atoms with van der Waals surface area (Å²) in [4.78, 5) is 2.23. The summed E-state index contributed by atoms with van der Waals surface area (Å²) in [5.74, 6) is 0. The number of aliphatic hydroxyl groups excluding tert-OH is 1. The van der Waals surface area contributed by atoms with Gasteiger partial charge in [0.05, 0.1) is 0 Å². The molecule has 0 amide bonds. The van der Waals surface area contributed by atoms with Crippen LogP contribution in [0.2, 0.25) is 0 Å². The molecule has 0 aromatic rings. The monoisotopic (exact) mass is 211 g/mol. The Hall–Kier alpha value is -0.340. The molecule has 0 aromatic heterocycles. The van der Waals surface area contributed by atoms with Crippen LogP contribution < -0.4 is 0 Å². The first kappa shape index (κ1) is 12.7. The highest BCUT2D eigenvalue weighted by Crippen LogP contribution is 2.15. The van der Waals surface area contributed by atoms with Gasteiger partial charge in [-0.2, -0.15) is 0 Å². The van der Waals surface area contributed by atoms with Crippen LogP contribution in [-0.2, 0) is 0 Å². The molecule has 1 aliphatic rings. The molecule has 1 unspecified atom stereocenters. The Morgan fingerprint density at radius 2 is 1.87 bits per heavy atom. The van der Waals surface area contributed by atoms with E-state index >= 15 is 0 Å². The standard InChI is InChI=1S/C13H25NO/c1-2-3-4-5-7-10-13(15)14-11-8-6-9-12-14/h2,13,15H,1,3-12H2. The van der Waals surface area contributed by atoms with Gasteiger partial charge < -0.3 is 5.11 Å². The number of hydrogen-bond donors (Lipinski definition) is 1. The first-order chi connectivity index (χ1) is 7.34. The van der Waals surface area contributed by atoms with Crippen LogP contribution in [0.3, 0.4) is 0 Å². The summed E-state index contributed by atoms with van der Waals surface area (Å²) in [5, 5.41) is 9.94. The molecule has 0 bridgehead atoms. The largest absolute Gasteiger partial charge is 0.378 e. The summed E-state index contributed by atoms with van der Waals surface area (Å²) in [6.07, 6.45) is 11.3.